The lowest BCUT2D eigenvalue weighted by atomic mass is 10.2. The van der Waals surface area contributed by atoms with Crippen molar-refractivity contribution in [2.24, 2.45) is 5.92 Å². The van der Waals surface area contributed by atoms with Crippen LogP contribution in [0, 0.1) is 5.92 Å². The van der Waals surface area contributed by atoms with Crippen LogP contribution in [-0.4, -0.2) is 31.9 Å². The third kappa shape index (κ3) is 4.64. The van der Waals surface area contributed by atoms with Crippen LogP contribution in [0.2, 0.25) is 0 Å². The molecule has 5 nitrogen and oxygen atoms in total. The Bertz CT molecular complexity index is 128. The van der Waals surface area contributed by atoms with E-state index >= 15 is 0 Å². The van der Waals surface area contributed by atoms with Gasteiger partial charge in [-0.1, -0.05) is 0 Å². The molecule has 0 radical (unpaired) electrons. The lowest BCUT2D eigenvalue weighted by Crippen LogP contribution is -2.15. The quantitative estimate of drug-likeness (QED) is 0.425. The summed E-state index contributed by atoms with van der Waals surface area (Å²) in [5, 5.41) is 8.23. The van der Waals surface area contributed by atoms with E-state index in [1.165, 1.54) is 6.92 Å². The summed E-state index contributed by atoms with van der Waals surface area (Å²) in [6.45, 7) is 1.29. The zero-order chi connectivity index (χ0) is 8.36. The zero-order valence-corrected chi connectivity index (χ0v) is 6.32. The number of carbonyl (C=O) groups is 1. The van der Waals surface area contributed by atoms with Gasteiger partial charge in [0, 0.05) is 0 Å². The first-order chi connectivity index (χ1) is 4.33. The van der Waals surface area contributed by atoms with Crippen LogP contribution in [0.4, 0.5) is 0 Å². The van der Waals surface area contributed by atoms with Gasteiger partial charge in [-0.05, 0) is 6.92 Å². The highest BCUT2D eigenvalue weighted by atomic mass is 31.2. The molecule has 0 aliphatic heterocycles. The normalized spacial score (nSPS) is 14.8. The second kappa shape index (κ2) is 3.25. The maximum absolute atomic E-state index is 10.1. The van der Waals surface area contributed by atoms with Crippen molar-refractivity contribution in [1.29, 1.82) is 0 Å². The maximum atomic E-state index is 10.1. The number of hydrogen-bond acceptors (Lipinski definition) is 4. The Morgan fingerprint density at radius 1 is 1.50 bits per heavy atom. The summed E-state index contributed by atoms with van der Waals surface area (Å²) in [5.41, 5.74) is 0. The topological polar surface area (TPSA) is 98.0 Å². The fourth-order valence-electron chi connectivity index (χ4n) is 0.446. The van der Waals surface area contributed by atoms with Crippen molar-refractivity contribution in [2.45, 2.75) is 6.92 Å². The van der Waals surface area contributed by atoms with Crippen LogP contribution in [0.25, 0.3) is 0 Å². The Kier molecular flexibility index (Phi) is 3.18. The van der Waals surface area contributed by atoms with Gasteiger partial charge in [0.1, 0.15) is 0 Å². The van der Waals surface area contributed by atoms with E-state index in [4.69, 9.17) is 19.8 Å². The molecule has 0 aliphatic carbocycles. The number of aliphatic carboxylic acids is 1. The molecule has 0 saturated carbocycles. The summed E-state index contributed by atoms with van der Waals surface area (Å²) in [7, 11) is -3.91. The Labute approximate surface area is 58.5 Å². The molecule has 0 spiro atoms. The molecule has 0 bridgehead atoms. The van der Waals surface area contributed by atoms with Gasteiger partial charge < -0.3 is 5.11 Å². The van der Waals surface area contributed by atoms with Crippen molar-refractivity contribution >= 4 is 13.9 Å². The highest BCUT2D eigenvalue weighted by molar-refractivity contribution is 7.58. The van der Waals surface area contributed by atoms with E-state index in [1.807, 2.05) is 0 Å². The van der Waals surface area contributed by atoms with Crippen molar-refractivity contribution < 1.29 is 24.6 Å². The average Bonchev–Trinajstić information content (AvgIpc) is 1.60. The first-order valence-electron chi connectivity index (χ1n) is 2.62. The van der Waals surface area contributed by atoms with Gasteiger partial charge in [-0.25, -0.2) is 0 Å². The smallest absolute Gasteiger partial charge is 0.404 e. The number of rotatable bonds is 3. The van der Waals surface area contributed by atoms with Gasteiger partial charge in [-0.3, -0.25) is 4.79 Å². The molecule has 0 aliphatic rings. The van der Waals surface area contributed by atoms with E-state index in [-0.39, 0.29) is 0 Å². The minimum absolute atomic E-state index is 0.484. The summed E-state index contributed by atoms with van der Waals surface area (Å²) in [4.78, 5) is 35.2. The van der Waals surface area contributed by atoms with Gasteiger partial charge in [-0.2, -0.15) is 14.7 Å². The maximum Gasteiger partial charge on any atom is 0.404 e. The molecule has 0 heterocycles. The molecule has 10 heavy (non-hydrogen) atoms. The molecule has 6 heteroatoms. The average molecular weight is 169 g/mol. The van der Waals surface area contributed by atoms with Crippen molar-refractivity contribution in [1.82, 2.24) is 0 Å². The first kappa shape index (κ1) is 9.78. The van der Waals surface area contributed by atoms with Crippen LogP contribution < -0.4 is 0 Å². The Balaban J connectivity index is 3.80. The summed E-state index contributed by atoms with van der Waals surface area (Å²) in [5.74, 6) is -2.07. The van der Waals surface area contributed by atoms with Gasteiger partial charge in [0.25, 0.3) is 0 Å². The fourth-order valence-corrected chi connectivity index (χ4v) is 1.34. The molecule has 0 saturated heterocycles. The third-order valence-corrected chi connectivity index (χ3v) is 1.98. The predicted octanol–water partition coefficient (Wildman–Crippen LogP) is -0.553. The van der Waals surface area contributed by atoms with Crippen molar-refractivity contribution in [2.75, 3.05) is 6.16 Å². The summed E-state index contributed by atoms with van der Waals surface area (Å²) in [6.07, 6.45) is -0.484. The van der Waals surface area contributed by atoms with Crippen LogP contribution in [0.15, 0.2) is 0 Å². The second-order valence-electron chi connectivity index (χ2n) is 2.11. The second-order valence-corrected chi connectivity index (χ2v) is 3.86. The summed E-state index contributed by atoms with van der Waals surface area (Å²) in [6, 6.07) is 0. The van der Waals surface area contributed by atoms with E-state index in [0.717, 1.165) is 0 Å². The van der Waals surface area contributed by atoms with E-state index in [1.54, 1.807) is 0 Å². The summed E-state index contributed by atoms with van der Waals surface area (Å²) >= 11 is 0. The van der Waals surface area contributed by atoms with Crippen LogP contribution in [0.3, 0.4) is 0 Å². The van der Waals surface area contributed by atoms with E-state index < -0.39 is 26.0 Å². The van der Waals surface area contributed by atoms with Crippen molar-refractivity contribution in [3.63, 3.8) is 0 Å². The zero-order valence-electron chi connectivity index (χ0n) is 5.43. The Hall–Kier alpha value is -0.220. The molecule has 0 aromatic rings. The fraction of sp³-hybridized carbons (Fsp3) is 0.750. The van der Waals surface area contributed by atoms with E-state index in [0.29, 0.717) is 0 Å². The molecule has 60 valence electrons. The number of carboxylic acid groups (broad SMARTS) is 1. The molecule has 0 rings (SSSR count). The highest BCUT2D eigenvalue weighted by Gasteiger charge is 2.35. The third-order valence-electron chi connectivity index (χ3n) is 0.940. The molecule has 0 aromatic carbocycles. The first-order valence-corrected chi connectivity index (χ1v) is 4.45. The van der Waals surface area contributed by atoms with Gasteiger partial charge in [0.05, 0.1) is 5.92 Å². The van der Waals surface area contributed by atoms with Crippen molar-refractivity contribution in [3.8, 4) is 0 Å². The summed E-state index contributed by atoms with van der Waals surface area (Å²) < 4.78 is 0. The van der Waals surface area contributed by atoms with Gasteiger partial charge in [0.15, 0.2) is 6.16 Å². The van der Waals surface area contributed by atoms with Crippen LogP contribution in [-0.2, 0) is 4.79 Å². The van der Waals surface area contributed by atoms with Crippen molar-refractivity contribution in [3.05, 3.63) is 0 Å². The molecular formula is C4H10O5P+. The lowest BCUT2D eigenvalue weighted by Gasteiger charge is -2.06. The van der Waals surface area contributed by atoms with E-state index in [9.17, 15) is 4.79 Å². The van der Waals surface area contributed by atoms with Crippen LogP contribution in [0.1, 0.15) is 6.92 Å². The molecule has 0 fully saturated rings. The Morgan fingerprint density at radius 3 is 2.00 bits per heavy atom. The molecule has 0 aromatic heterocycles. The Morgan fingerprint density at radius 2 is 1.90 bits per heavy atom. The monoisotopic (exact) mass is 169 g/mol. The molecule has 1 unspecified atom stereocenters. The minimum Gasteiger partial charge on any atom is -0.481 e. The van der Waals surface area contributed by atoms with Gasteiger partial charge in [-0.15, -0.1) is 0 Å². The molecule has 1 atom stereocenters. The molecule has 0 amide bonds. The number of hydrogen-bond donors (Lipinski definition) is 4. The number of carboxylic acids is 1. The highest BCUT2D eigenvalue weighted by Crippen LogP contribution is 2.46. The van der Waals surface area contributed by atoms with Crippen LogP contribution >= 0.6 is 7.94 Å². The lowest BCUT2D eigenvalue weighted by molar-refractivity contribution is -0.140. The van der Waals surface area contributed by atoms with Gasteiger partial charge in [0.2, 0.25) is 0 Å². The standard InChI is InChI=1S/C4H9O5P/c1-3(4(5)6)2-10(7,8)9/h3,7-9H,2H2,1H3/p+1. The van der Waals surface area contributed by atoms with E-state index in [2.05, 4.69) is 0 Å². The molecule has 4 N–H and O–H groups in total. The minimum atomic E-state index is -3.91. The molecular weight excluding hydrogens is 159 g/mol. The predicted molar refractivity (Wildman–Crippen MR) is 35.2 cm³/mol. The SMILES string of the molecule is CC(C[P+](O)(O)O)C(=O)O. The largest absolute Gasteiger partial charge is 0.481 e. The van der Waals surface area contributed by atoms with Gasteiger partial charge >= 0.3 is 13.9 Å². The van der Waals surface area contributed by atoms with Crippen LogP contribution in [0.5, 0.6) is 0 Å².